The van der Waals surface area contributed by atoms with Gasteiger partial charge < -0.3 is 20.1 Å². The van der Waals surface area contributed by atoms with Gasteiger partial charge in [-0.2, -0.15) is 0 Å². The van der Waals surface area contributed by atoms with Gasteiger partial charge in [0.25, 0.3) is 0 Å². The molecule has 0 radical (unpaired) electrons. The van der Waals surface area contributed by atoms with Crippen LogP contribution in [0.25, 0.3) is 0 Å². The van der Waals surface area contributed by atoms with E-state index in [9.17, 15) is 4.79 Å². The Bertz CT molecular complexity index is 706. The number of hydrogen-bond donors (Lipinski definition) is 2. The van der Waals surface area contributed by atoms with Gasteiger partial charge in [-0.1, -0.05) is 34.1 Å². The second kappa shape index (κ2) is 6.27. The fraction of sp³-hybridized carbons (Fsp3) is 0.188. The molecule has 2 aromatic rings. The lowest BCUT2D eigenvalue weighted by Crippen LogP contribution is -2.31. The van der Waals surface area contributed by atoms with Gasteiger partial charge in [0.05, 0.1) is 6.04 Å². The van der Waals surface area contributed by atoms with E-state index in [1.54, 1.807) is 18.2 Å². The topological polar surface area (TPSA) is 59.6 Å². The largest absolute Gasteiger partial charge is 0.454 e. The Morgan fingerprint density at radius 1 is 1.18 bits per heavy atom. The molecule has 1 unspecified atom stereocenters. The van der Waals surface area contributed by atoms with E-state index in [1.807, 2.05) is 31.2 Å². The Labute approximate surface area is 136 Å². The summed E-state index contributed by atoms with van der Waals surface area (Å²) in [6, 6.07) is 12.7. The summed E-state index contributed by atoms with van der Waals surface area (Å²) >= 11 is 3.49. The lowest BCUT2D eigenvalue weighted by molar-refractivity contribution is 0.174. The lowest BCUT2D eigenvalue weighted by Gasteiger charge is -2.16. The monoisotopic (exact) mass is 362 g/mol. The molecule has 2 aromatic carbocycles. The van der Waals surface area contributed by atoms with Crippen LogP contribution < -0.4 is 20.1 Å². The summed E-state index contributed by atoms with van der Waals surface area (Å²) in [7, 11) is 0. The first-order chi connectivity index (χ1) is 10.6. The van der Waals surface area contributed by atoms with Gasteiger partial charge in [0, 0.05) is 16.2 Å². The third-order valence-corrected chi connectivity index (χ3v) is 4.07. The molecule has 1 aliphatic rings. The van der Waals surface area contributed by atoms with E-state index in [-0.39, 0.29) is 18.9 Å². The summed E-state index contributed by atoms with van der Waals surface area (Å²) in [5, 5.41) is 5.69. The molecule has 0 aromatic heterocycles. The van der Waals surface area contributed by atoms with Crippen LogP contribution in [0.1, 0.15) is 18.5 Å². The van der Waals surface area contributed by atoms with Crippen molar-refractivity contribution in [3.8, 4) is 11.5 Å². The van der Waals surface area contributed by atoms with Gasteiger partial charge in [0.2, 0.25) is 6.79 Å². The van der Waals surface area contributed by atoms with E-state index in [1.165, 1.54) is 0 Å². The molecule has 1 aliphatic heterocycles. The molecule has 3 rings (SSSR count). The molecular formula is C16H15BrN2O3. The zero-order valence-electron chi connectivity index (χ0n) is 11.9. The lowest BCUT2D eigenvalue weighted by atomic mass is 10.1. The smallest absolute Gasteiger partial charge is 0.319 e. The molecule has 2 amide bonds. The number of fused-ring (bicyclic) bond motifs is 1. The van der Waals surface area contributed by atoms with Crippen molar-refractivity contribution in [3.05, 3.63) is 52.5 Å². The number of nitrogens with one attached hydrogen (secondary N) is 2. The van der Waals surface area contributed by atoms with Gasteiger partial charge in [0.15, 0.2) is 11.5 Å². The zero-order chi connectivity index (χ0) is 15.5. The average molecular weight is 363 g/mol. The van der Waals surface area contributed by atoms with Crippen LogP contribution in [-0.4, -0.2) is 12.8 Å². The molecule has 6 heteroatoms. The van der Waals surface area contributed by atoms with E-state index < -0.39 is 0 Å². The quantitative estimate of drug-likeness (QED) is 0.865. The Kier molecular flexibility index (Phi) is 4.20. The van der Waals surface area contributed by atoms with Gasteiger partial charge >= 0.3 is 6.03 Å². The van der Waals surface area contributed by atoms with E-state index in [2.05, 4.69) is 26.6 Å². The third-order valence-electron chi connectivity index (χ3n) is 3.35. The highest BCUT2D eigenvalue weighted by Gasteiger charge is 2.15. The van der Waals surface area contributed by atoms with Crippen molar-refractivity contribution in [2.45, 2.75) is 13.0 Å². The maximum atomic E-state index is 12.1. The first-order valence-electron chi connectivity index (χ1n) is 6.85. The van der Waals surface area contributed by atoms with Crippen molar-refractivity contribution < 1.29 is 14.3 Å². The SMILES string of the molecule is CC(NC(=O)Nc1ccc2c(c1)OCO2)c1ccccc1Br. The molecule has 22 heavy (non-hydrogen) atoms. The summed E-state index contributed by atoms with van der Waals surface area (Å²) in [6.45, 7) is 2.14. The fourth-order valence-electron chi connectivity index (χ4n) is 2.24. The normalized spacial score (nSPS) is 13.5. The van der Waals surface area contributed by atoms with Crippen LogP contribution in [0, 0.1) is 0 Å². The Hall–Kier alpha value is -2.21. The summed E-state index contributed by atoms with van der Waals surface area (Å²) in [6.07, 6.45) is 0. The summed E-state index contributed by atoms with van der Waals surface area (Å²) in [4.78, 5) is 12.1. The molecule has 0 fully saturated rings. The number of amides is 2. The first-order valence-corrected chi connectivity index (χ1v) is 7.64. The highest BCUT2D eigenvalue weighted by molar-refractivity contribution is 9.10. The Morgan fingerprint density at radius 3 is 2.77 bits per heavy atom. The predicted octanol–water partition coefficient (Wildman–Crippen LogP) is 4.06. The average Bonchev–Trinajstić information content (AvgIpc) is 2.95. The summed E-state index contributed by atoms with van der Waals surface area (Å²) in [5.41, 5.74) is 1.67. The molecule has 0 aliphatic carbocycles. The van der Waals surface area contributed by atoms with Crippen molar-refractivity contribution >= 4 is 27.6 Å². The minimum Gasteiger partial charge on any atom is -0.454 e. The highest BCUT2D eigenvalue weighted by atomic mass is 79.9. The fourth-order valence-corrected chi connectivity index (χ4v) is 2.87. The van der Waals surface area contributed by atoms with Crippen LogP contribution in [-0.2, 0) is 0 Å². The van der Waals surface area contributed by atoms with Crippen LogP contribution >= 0.6 is 15.9 Å². The standard InChI is InChI=1S/C16H15BrN2O3/c1-10(12-4-2-3-5-13(12)17)18-16(20)19-11-6-7-14-15(8-11)22-9-21-14/h2-8,10H,9H2,1H3,(H2,18,19,20). The minimum atomic E-state index is -0.276. The molecule has 2 N–H and O–H groups in total. The van der Waals surface area contributed by atoms with Crippen LogP contribution in [0.5, 0.6) is 11.5 Å². The number of halogens is 1. The molecular weight excluding hydrogens is 348 g/mol. The summed E-state index contributed by atoms with van der Waals surface area (Å²) in [5.74, 6) is 1.32. The van der Waals surface area contributed by atoms with Gasteiger partial charge in [-0.15, -0.1) is 0 Å². The third kappa shape index (κ3) is 3.17. The Morgan fingerprint density at radius 2 is 1.95 bits per heavy atom. The highest BCUT2D eigenvalue weighted by Crippen LogP contribution is 2.34. The number of carbonyl (C=O) groups is 1. The molecule has 0 saturated heterocycles. The van der Waals surface area contributed by atoms with Crippen LogP contribution in [0.15, 0.2) is 46.9 Å². The second-order valence-electron chi connectivity index (χ2n) is 4.91. The van der Waals surface area contributed by atoms with Crippen LogP contribution in [0.4, 0.5) is 10.5 Å². The molecule has 1 heterocycles. The zero-order valence-corrected chi connectivity index (χ0v) is 13.5. The minimum absolute atomic E-state index is 0.121. The van der Waals surface area contributed by atoms with Crippen molar-refractivity contribution in [2.75, 3.05) is 12.1 Å². The van der Waals surface area contributed by atoms with Crippen molar-refractivity contribution in [2.24, 2.45) is 0 Å². The predicted molar refractivity (Wildman–Crippen MR) is 87.3 cm³/mol. The summed E-state index contributed by atoms with van der Waals surface area (Å²) < 4.78 is 11.5. The van der Waals surface area contributed by atoms with Gasteiger partial charge in [-0.25, -0.2) is 4.79 Å². The number of urea groups is 1. The molecule has 114 valence electrons. The second-order valence-corrected chi connectivity index (χ2v) is 5.76. The maximum absolute atomic E-state index is 12.1. The van der Waals surface area contributed by atoms with Crippen LogP contribution in [0.3, 0.4) is 0 Å². The molecule has 0 bridgehead atoms. The first kappa shape index (κ1) is 14.7. The van der Waals surface area contributed by atoms with Crippen molar-refractivity contribution in [1.82, 2.24) is 5.32 Å². The molecule has 0 spiro atoms. The number of rotatable bonds is 3. The molecule has 0 saturated carbocycles. The number of hydrogen-bond acceptors (Lipinski definition) is 3. The van der Waals surface area contributed by atoms with E-state index in [0.29, 0.717) is 17.2 Å². The number of anilines is 1. The van der Waals surface area contributed by atoms with E-state index in [0.717, 1.165) is 10.0 Å². The molecule has 1 atom stereocenters. The Balaban J connectivity index is 1.64. The van der Waals surface area contributed by atoms with Gasteiger partial charge in [-0.05, 0) is 30.7 Å². The number of benzene rings is 2. The van der Waals surface area contributed by atoms with Gasteiger partial charge in [-0.3, -0.25) is 0 Å². The van der Waals surface area contributed by atoms with Crippen molar-refractivity contribution in [1.29, 1.82) is 0 Å². The van der Waals surface area contributed by atoms with Crippen molar-refractivity contribution in [3.63, 3.8) is 0 Å². The van der Waals surface area contributed by atoms with E-state index in [4.69, 9.17) is 9.47 Å². The van der Waals surface area contributed by atoms with Gasteiger partial charge in [0.1, 0.15) is 0 Å². The van der Waals surface area contributed by atoms with E-state index >= 15 is 0 Å². The maximum Gasteiger partial charge on any atom is 0.319 e. The number of ether oxygens (including phenoxy) is 2. The molecule has 5 nitrogen and oxygen atoms in total. The van der Waals surface area contributed by atoms with Crippen LogP contribution in [0.2, 0.25) is 0 Å². The number of carbonyl (C=O) groups excluding carboxylic acids is 1.